The first-order valence-corrected chi connectivity index (χ1v) is 6.12. The Bertz CT molecular complexity index is 560. The number of ether oxygens (including phenoxy) is 1. The highest BCUT2D eigenvalue weighted by Crippen LogP contribution is 2.26. The summed E-state index contributed by atoms with van der Waals surface area (Å²) in [6, 6.07) is 5.77. The summed E-state index contributed by atoms with van der Waals surface area (Å²) in [5, 5.41) is 0.406. The molecule has 2 rings (SSSR count). The minimum Gasteiger partial charge on any atom is -0.496 e. The van der Waals surface area contributed by atoms with E-state index in [1.165, 1.54) is 0 Å². The van der Waals surface area contributed by atoms with Crippen LogP contribution in [0.2, 0.25) is 5.15 Å². The Hall–Kier alpha value is -1.13. The van der Waals surface area contributed by atoms with E-state index in [0.717, 1.165) is 16.9 Å². The van der Waals surface area contributed by atoms with Crippen LogP contribution in [0.5, 0.6) is 5.75 Å². The van der Waals surface area contributed by atoms with E-state index in [2.05, 4.69) is 25.9 Å². The molecule has 0 unspecified atom stereocenters. The van der Waals surface area contributed by atoms with Gasteiger partial charge in [0.15, 0.2) is 5.82 Å². The lowest BCUT2D eigenvalue weighted by atomic mass is 10.1. The maximum atomic E-state index is 5.94. The predicted molar refractivity (Wildman–Crippen MR) is 71.5 cm³/mol. The standard InChI is InChI=1S/C12H10BrClN2O/c1-7-5-8(3-4-10(7)17-2)12-15-6-9(13)11(14)16-12/h3-6H,1-2H3. The van der Waals surface area contributed by atoms with E-state index in [-0.39, 0.29) is 0 Å². The first kappa shape index (κ1) is 12.3. The second-order valence-corrected chi connectivity index (χ2v) is 4.73. The first-order valence-electron chi connectivity index (χ1n) is 4.95. The van der Waals surface area contributed by atoms with Crippen molar-refractivity contribution in [2.45, 2.75) is 6.92 Å². The highest BCUT2D eigenvalue weighted by atomic mass is 79.9. The summed E-state index contributed by atoms with van der Waals surface area (Å²) in [4.78, 5) is 8.43. The van der Waals surface area contributed by atoms with Gasteiger partial charge in [0, 0.05) is 11.8 Å². The summed E-state index contributed by atoms with van der Waals surface area (Å²) >= 11 is 9.20. The zero-order valence-electron chi connectivity index (χ0n) is 9.37. The first-order chi connectivity index (χ1) is 8.11. The number of methoxy groups -OCH3 is 1. The Labute approximate surface area is 113 Å². The van der Waals surface area contributed by atoms with Gasteiger partial charge in [0.2, 0.25) is 0 Å². The van der Waals surface area contributed by atoms with E-state index >= 15 is 0 Å². The van der Waals surface area contributed by atoms with Gasteiger partial charge in [-0.2, -0.15) is 0 Å². The predicted octanol–water partition coefficient (Wildman–Crippen LogP) is 3.88. The lowest BCUT2D eigenvalue weighted by molar-refractivity contribution is 0.412. The van der Waals surface area contributed by atoms with E-state index in [1.54, 1.807) is 13.3 Å². The van der Waals surface area contributed by atoms with Crippen molar-refractivity contribution in [1.82, 2.24) is 9.97 Å². The molecule has 0 atom stereocenters. The Morgan fingerprint density at radius 2 is 2.12 bits per heavy atom. The Kier molecular flexibility index (Phi) is 3.64. The minimum absolute atomic E-state index is 0.406. The molecule has 0 bridgehead atoms. The molecule has 1 heterocycles. The second-order valence-electron chi connectivity index (χ2n) is 3.52. The molecule has 2 aromatic rings. The molecule has 0 aliphatic heterocycles. The number of aryl methyl sites for hydroxylation is 1. The zero-order chi connectivity index (χ0) is 12.4. The zero-order valence-corrected chi connectivity index (χ0v) is 11.7. The number of rotatable bonds is 2. The summed E-state index contributed by atoms with van der Waals surface area (Å²) in [6.07, 6.45) is 1.64. The van der Waals surface area contributed by atoms with Gasteiger partial charge in [-0.1, -0.05) is 11.6 Å². The summed E-state index contributed by atoms with van der Waals surface area (Å²) in [7, 11) is 1.65. The van der Waals surface area contributed by atoms with Gasteiger partial charge in [0.25, 0.3) is 0 Å². The van der Waals surface area contributed by atoms with E-state index in [4.69, 9.17) is 16.3 Å². The van der Waals surface area contributed by atoms with Gasteiger partial charge in [-0.15, -0.1) is 0 Å². The maximum Gasteiger partial charge on any atom is 0.160 e. The molecular weight excluding hydrogens is 304 g/mol. The van der Waals surface area contributed by atoms with Crippen molar-refractivity contribution < 1.29 is 4.74 Å². The third kappa shape index (κ3) is 2.58. The van der Waals surface area contributed by atoms with Crippen molar-refractivity contribution >= 4 is 27.5 Å². The van der Waals surface area contributed by atoms with Gasteiger partial charge in [0.1, 0.15) is 10.9 Å². The highest BCUT2D eigenvalue weighted by molar-refractivity contribution is 9.10. The molecule has 0 radical (unpaired) electrons. The molecule has 3 nitrogen and oxygen atoms in total. The van der Waals surface area contributed by atoms with Crippen molar-refractivity contribution in [3.63, 3.8) is 0 Å². The average Bonchev–Trinajstić information content (AvgIpc) is 2.32. The van der Waals surface area contributed by atoms with E-state index in [1.807, 2.05) is 25.1 Å². The van der Waals surface area contributed by atoms with Crippen LogP contribution in [0.3, 0.4) is 0 Å². The van der Waals surface area contributed by atoms with Gasteiger partial charge in [-0.3, -0.25) is 0 Å². The molecule has 1 aromatic carbocycles. The van der Waals surface area contributed by atoms with Crippen LogP contribution >= 0.6 is 27.5 Å². The fourth-order valence-corrected chi connectivity index (χ4v) is 1.82. The molecule has 0 aliphatic carbocycles. The molecule has 17 heavy (non-hydrogen) atoms. The molecule has 88 valence electrons. The fourth-order valence-electron chi connectivity index (χ4n) is 1.50. The monoisotopic (exact) mass is 312 g/mol. The number of hydrogen-bond acceptors (Lipinski definition) is 3. The van der Waals surface area contributed by atoms with Gasteiger partial charge in [-0.25, -0.2) is 9.97 Å². The third-order valence-electron chi connectivity index (χ3n) is 2.35. The van der Waals surface area contributed by atoms with Crippen LogP contribution in [0.1, 0.15) is 5.56 Å². The smallest absolute Gasteiger partial charge is 0.160 e. The SMILES string of the molecule is COc1ccc(-c2ncc(Br)c(Cl)n2)cc1C. The normalized spacial score (nSPS) is 10.4. The van der Waals surface area contributed by atoms with E-state index in [9.17, 15) is 0 Å². The number of nitrogens with zero attached hydrogens (tertiary/aromatic N) is 2. The van der Waals surface area contributed by atoms with Crippen LogP contribution in [0, 0.1) is 6.92 Å². The van der Waals surface area contributed by atoms with Crippen LogP contribution in [0.25, 0.3) is 11.4 Å². The van der Waals surface area contributed by atoms with E-state index in [0.29, 0.717) is 15.5 Å². The summed E-state index contributed by atoms with van der Waals surface area (Å²) in [5.74, 6) is 1.45. The Morgan fingerprint density at radius 3 is 2.71 bits per heavy atom. The lowest BCUT2D eigenvalue weighted by Crippen LogP contribution is -1.92. The Morgan fingerprint density at radius 1 is 1.35 bits per heavy atom. The van der Waals surface area contributed by atoms with Gasteiger partial charge in [-0.05, 0) is 46.6 Å². The molecule has 0 fully saturated rings. The van der Waals surface area contributed by atoms with Crippen LogP contribution in [-0.2, 0) is 0 Å². The molecule has 0 spiro atoms. The highest BCUT2D eigenvalue weighted by Gasteiger charge is 2.07. The second kappa shape index (κ2) is 5.02. The van der Waals surface area contributed by atoms with Crippen LogP contribution in [-0.4, -0.2) is 17.1 Å². The maximum absolute atomic E-state index is 5.94. The molecule has 0 amide bonds. The number of benzene rings is 1. The van der Waals surface area contributed by atoms with Crippen molar-refractivity contribution in [3.05, 3.63) is 39.6 Å². The summed E-state index contributed by atoms with van der Waals surface area (Å²) in [5.41, 5.74) is 1.95. The lowest BCUT2D eigenvalue weighted by Gasteiger charge is -2.07. The number of aromatic nitrogens is 2. The van der Waals surface area contributed by atoms with Crippen LogP contribution in [0.15, 0.2) is 28.9 Å². The summed E-state index contributed by atoms with van der Waals surface area (Å²) < 4.78 is 5.89. The molecule has 0 saturated carbocycles. The fraction of sp³-hybridized carbons (Fsp3) is 0.167. The molecule has 0 saturated heterocycles. The Balaban J connectivity index is 2.46. The largest absolute Gasteiger partial charge is 0.496 e. The third-order valence-corrected chi connectivity index (χ3v) is 3.45. The topological polar surface area (TPSA) is 35.0 Å². The average molecular weight is 314 g/mol. The van der Waals surface area contributed by atoms with Crippen LogP contribution in [0.4, 0.5) is 0 Å². The number of halogens is 2. The molecular formula is C12H10BrClN2O. The molecule has 0 N–H and O–H groups in total. The molecule has 1 aromatic heterocycles. The van der Waals surface area contributed by atoms with Crippen molar-refractivity contribution in [2.75, 3.05) is 7.11 Å². The van der Waals surface area contributed by atoms with Gasteiger partial charge >= 0.3 is 0 Å². The minimum atomic E-state index is 0.406. The van der Waals surface area contributed by atoms with Gasteiger partial charge in [0.05, 0.1) is 11.6 Å². The number of hydrogen-bond donors (Lipinski definition) is 0. The van der Waals surface area contributed by atoms with Crippen LogP contribution < -0.4 is 4.74 Å². The van der Waals surface area contributed by atoms with Crippen molar-refractivity contribution in [3.8, 4) is 17.1 Å². The van der Waals surface area contributed by atoms with E-state index < -0.39 is 0 Å². The quantitative estimate of drug-likeness (QED) is 0.789. The summed E-state index contributed by atoms with van der Waals surface area (Å²) in [6.45, 7) is 1.97. The van der Waals surface area contributed by atoms with Crippen molar-refractivity contribution in [2.24, 2.45) is 0 Å². The molecule has 5 heteroatoms. The molecule has 0 aliphatic rings. The van der Waals surface area contributed by atoms with Crippen molar-refractivity contribution in [1.29, 1.82) is 0 Å². The van der Waals surface area contributed by atoms with Gasteiger partial charge < -0.3 is 4.74 Å².